The number of rotatable bonds is 5. The van der Waals surface area contributed by atoms with Crippen LogP contribution in [0.4, 0.5) is 5.82 Å². The zero-order valence-electron chi connectivity index (χ0n) is 15.2. The highest BCUT2D eigenvalue weighted by molar-refractivity contribution is 14.1. The fourth-order valence-electron chi connectivity index (χ4n) is 3.52. The van der Waals surface area contributed by atoms with E-state index in [-0.39, 0.29) is 23.4 Å². The largest absolute Gasteiger partial charge is 0.364 e. The highest BCUT2D eigenvalue weighted by atomic mass is 127. The smallest absolute Gasteiger partial charge is 0.251 e. The van der Waals surface area contributed by atoms with E-state index in [9.17, 15) is 4.79 Å². The first-order chi connectivity index (χ1) is 14.0. The first kappa shape index (κ1) is 19.0. The topological polar surface area (TPSA) is 106 Å². The Morgan fingerprint density at radius 3 is 2.97 bits per heavy atom. The summed E-state index contributed by atoms with van der Waals surface area (Å²) in [6, 6.07) is 8.15. The summed E-state index contributed by atoms with van der Waals surface area (Å²) >= 11 is 8.45. The Bertz CT molecular complexity index is 1110. The number of benzene rings is 1. The number of nitrogens with zero attached hydrogens (tertiary/aromatic N) is 4. The molecule has 0 spiro atoms. The van der Waals surface area contributed by atoms with Gasteiger partial charge < -0.3 is 20.1 Å². The first-order valence-electron chi connectivity index (χ1n) is 8.96. The predicted molar refractivity (Wildman–Crippen MR) is 113 cm³/mol. The van der Waals surface area contributed by atoms with Crippen molar-refractivity contribution in [3.05, 3.63) is 45.0 Å². The van der Waals surface area contributed by atoms with Crippen LogP contribution in [0.3, 0.4) is 0 Å². The number of anilines is 1. The number of likely N-dealkylation sites (N-methyl/N-ethyl adjacent to an activating group) is 1. The lowest BCUT2D eigenvalue weighted by Crippen LogP contribution is -2.36. The Hall–Kier alpha value is -2.02. The second-order valence-corrected chi connectivity index (χ2v) is 8.36. The lowest BCUT2D eigenvalue weighted by molar-refractivity contribution is -0.141. The van der Waals surface area contributed by atoms with E-state index in [2.05, 4.69) is 54.2 Å². The number of imidazole rings is 1. The van der Waals surface area contributed by atoms with Crippen LogP contribution in [0.1, 0.15) is 11.8 Å². The van der Waals surface area contributed by atoms with Crippen LogP contribution in [0, 0.1) is 3.57 Å². The third kappa shape index (κ3) is 3.43. The number of nitrogens with one attached hydrogen (secondary N) is 2. The van der Waals surface area contributed by atoms with Gasteiger partial charge in [-0.2, -0.15) is 9.97 Å². The van der Waals surface area contributed by atoms with E-state index in [1.165, 1.54) is 0 Å². The Balaban J connectivity index is 1.43. The number of ether oxygens (including phenoxy) is 2. The van der Waals surface area contributed by atoms with Crippen LogP contribution >= 0.6 is 34.2 Å². The molecule has 150 valence electrons. The SMILES string of the molecule is CNC(=O)[C@H]1O[C@@H](n2cnc3c(NCc4cccc(I)c4)nc(Cl)nc32)[C@@H]2O[C@@H]21. The summed E-state index contributed by atoms with van der Waals surface area (Å²) in [6.07, 6.45) is -0.00841. The van der Waals surface area contributed by atoms with Crippen molar-refractivity contribution in [3.63, 3.8) is 0 Å². The number of fused-ring (bicyclic) bond motifs is 2. The fourth-order valence-corrected chi connectivity index (χ4v) is 4.30. The molecule has 2 saturated heterocycles. The molecule has 0 unspecified atom stereocenters. The Labute approximate surface area is 184 Å². The third-order valence-corrected chi connectivity index (χ3v) is 5.79. The Kier molecular flexibility index (Phi) is 4.81. The third-order valence-electron chi connectivity index (χ3n) is 4.95. The molecule has 2 N–H and O–H groups in total. The summed E-state index contributed by atoms with van der Waals surface area (Å²) in [5, 5.41) is 5.97. The summed E-state index contributed by atoms with van der Waals surface area (Å²) in [5.74, 6) is 0.323. The van der Waals surface area contributed by atoms with E-state index in [1.807, 2.05) is 18.2 Å². The molecule has 2 aliphatic heterocycles. The van der Waals surface area contributed by atoms with Gasteiger partial charge >= 0.3 is 0 Å². The average molecular weight is 527 g/mol. The van der Waals surface area contributed by atoms with Crippen LogP contribution in [0.2, 0.25) is 5.28 Å². The number of hydrogen-bond acceptors (Lipinski definition) is 7. The maximum atomic E-state index is 12.0. The molecule has 11 heteroatoms. The maximum absolute atomic E-state index is 12.0. The zero-order chi connectivity index (χ0) is 20.1. The molecule has 29 heavy (non-hydrogen) atoms. The zero-order valence-corrected chi connectivity index (χ0v) is 18.1. The van der Waals surface area contributed by atoms with Gasteiger partial charge in [0, 0.05) is 17.2 Å². The molecule has 5 rings (SSSR count). The van der Waals surface area contributed by atoms with E-state index >= 15 is 0 Å². The highest BCUT2D eigenvalue weighted by Gasteiger charge is 2.61. The molecule has 3 aromatic rings. The van der Waals surface area contributed by atoms with Crippen molar-refractivity contribution in [1.82, 2.24) is 24.8 Å². The van der Waals surface area contributed by atoms with Crippen LogP contribution in [-0.2, 0) is 20.8 Å². The van der Waals surface area contributed by atoms with Crippen molar-refractivity contribution in [1.29, 1.82) is 0 Å². The number of amides is 1. The number of halogens is 2. The van der Waals surface area contributed by atoms with Gasteiger partial charge in [0.2, 0.25) is 5.28 Å². The second kappa shape index (κ2) is 7.35. The van der Waals surface area contributed by atoms with Crippen molar-refractivity contribution < 1.29 is 14.3 Å². The standard InChI is InChI=1S/C18H16ClIN6O3/c1-21-16(27)12-11-13(28-11)17(29-12)26-7-23-10-14(24-18(19)25-15(10)26)22-6-8-3-2-4-9(20)5-8/h2-5,7,11-13,17H,6H2,1H3,(H,21,27)(H,22,24,25)/t11-,12+,13-,17-/m1/s1. The molecule has 2 fully saturated rings. The highest BCUT2D eigenvalue weighted by Crippen LogP contribution is 2.45. The number of hydrogen-bond donors (Lipinski definition) is 2. The molecular weight excluding hydrogens is 511 g/mol. The number of aromatic nitrogens is 4. The van der Waals surface area contributed by atoms with Crippen molar-refractivity contribution >= 4 is 57.1 Å². The van der Waals surface area contributed by atoms with Gasteiger partial charge in [-0.25, -0.2) is 4.98 Å². The predicted octanol–water partition coefficient (Wildman–Crippen LogP) is 2.11. The maximum Gasteiger partial charge on any atom is 0.251 e. The minimum absolute atomic E-state index is 0.0958. The van der Waals surface area contributed by atoms with Gasteiger partial charge in [-0.05, 0) is 51.9 Å². The molecule has 0 aliphatic carbocycles. The summed E-state index contributed by atoms with van der Waals surface area (Å²) in [6.45, 7) is 0.568. The summed E-state index contributed by atoms with van der Waals surface area (Å²) in [4.78, 5) is 25.1. The molecular formula is C18H16ClIN6O3. The summed E-state index contributed by atoms with van der Waals surface area (Å²) in [5.41, 5.74) is 2.21. The lowest BCUT2D eigenvalue weighted by Gasteiger charge is -2.18. The van der Waals surface area contributed by atoms with Crippen molar-refractivity contribution in [2.75, 3.05) is 12.4 Å². The minimum atomic E-state index is -0.650. The molecule has 4 atom stereocenters. The van der Waals surface area contributed by atoms with Gasteiger partial charge in [0.25, 0.3) is 5.91 Å². The minimum Gasteiger partial charge on any atom is -0.364 e. The molecule has 1 aromatic carbocycles. The molecule has 2 aromatic heterocycles. The van der Waals surface area contributed by atoms with E-state index in [1.54, 1.807) is 17.9 Å². The van der Waals surface area contributed by atoms with Gasteiger partial charge in [-0.15, -0.1) is 0 Å². The quantitative estimate of drug-likeness (QED) is 0.298. The molecule has 2 aliphatic rings. The molecule has 9 nitrogen and oxygen atoms in total. The van der Waals surface area contributed by atoms with E-state index in [0.717, 1.165) is 9.13 Å². The Morgan fingerprint density at radius 1 is 1.31 bits per heavy atom. The van der Waals surface area contributed by atoms with Crippen molar-refractivity contribution in [2.24, 2.45) is 0 Å². The van der Waals surface area contributed by atoms with E-state index in [0.29, 0.717) is 23.5 Å². The van der Waals surface area contributed by atoms with Gasteiger partial charge in [-0.3, -0.25) is 9.36 Å². The molecule has 4 heterocycles. The molecule has 0 bridgehead atoms. The van der Waals surface area contributed by atoms with Crippen LogP contribution in [0.5, 0.6) is 0 Å². The van der Waals surface area contributed by atoms with Gasteiger partial charge in [-0.1, -0.05) is 12.1 Å². The second-order valence-electron chi connectivity index (χ2n) is 6.78. The van der Waals surface area contributed by atoms with Crippen molar-refractivity contribution in [3.8, 4) is 0 Å². The van der Waals surface area contributed by atoms with E-state index in [4.69, 9.17) is 21.1 Å². The fraction of sp³-hybridized carbons (Fsp3) is 0.333. The summed E-state index contributed by atoms with van der Waals surface area (Å²) in [7, 11) is 1.57. The van der Waals surface area contributed by atoms with Crippen LogP contribution < -0.4 is 10.6 Å². The molecule has 0 saturated carbocycles. The molecule has 0 radical (unpaired) electrons. The molecule has 1 amide bonds. The van der Waals surface area contributed by atoms with Gasteiger partial charge in [0.05, 0.1) is 6.33 Å². The van der Waals surface area contributed by atoms with E-state index < -0.39 is 12.3 Å². The van der Waals surface area contributed by atoms with Gasteiger partial charge in [0.15, 0.2) is 29.3 Å². The summed E-state index contributed by atoms with van der Waals surface area (Å²) < 4.78 is 14.4. The van der Waals surface area contributed by atoms with Crippen molar-refractivity contribution in [2.45, 2.75) is 31.1 Å². The first-order valence-corrected chi connectivity index (χ1v) is 10.4. The Morgan fingerprint density at radius 2 is 2.17 bits per heavy atom. The number of epoxide rings is 1. The average Bonchev–Trinajstić information content (AvgIpc) is 3.24. The lowest BCUT2D eigenvalue weighted by atomic mass is 10.2. The van der Waals surface area contributed by atoms with Gasteiger partial charge in [0.1, 0.15) is 12.2 Å². The number of carbonyl (C=O) groups excluding carboxylic acids is 1. The van der Waals surface area contributed by atoms with Crippen LogP contribution in [-0.4, -0.2) is 50.8 Å². The normalized spacial score (nSPS) is 25.1. The monoisotopic (exact) mass is 526 g/mol. The number of carbonyl (C=O) groups is 1. The van der Waals surface area contributed by atoms with Crippen LogP contribution in [0.15, 0.2) is 30.6 Å². The van der Waals surface area contributed by atoms with Crippen LogP contribution in [0.25, 0.3) is 11.2 Å².